The van der Waals surface area contributed by atoms with E-state index in [1.165, 1.54) is 0 Å². The number of aryl methyl sites for hydroxylation is 1. The molecule has 142 valence electrons. The molecule has 4 rings (SSSR count). The number of aromatic nitrogens is 5. The number of hydrogen-bond donors (Lipinski definition) is 0. The second-order valence-electron chi connectivity index (χ2n) is 6.37. The molecule has 0 aliphatic rings. The highest BCUT2D eigenvalue weighted by Gasteiger charge is 2.15. The Morgan fingerprint density at radius 3 is 2.61 bits per heavy atom. The molecule has 0 unspecified atom stereocenters. The minimum Gasteiger partial charge on any atom is -0.380 e. The fraction of sp³-hybridized carbons (Fsp3) is 0.200. The van der Waals surface area contributed by atoms with Crippen LogP contribution in [0.1, 0.15) is 16.8 Å². The lowest BCUT2D eigenvalue weighted by Crippen LogP contribution is -2.04. The van der Waals surface area contributed by atoms with E-state index in [-0.39, 0.29) is 0 Å². The quantitative estimate of drug-likeness (QED) is 0.456. The molecule has 8 heteroatoms. The fourth-order valence-corrected chi connectivity index (χ4v) is 2.92. The van der Waals surface area contributed by atoms with Crippen molar-refractivity contribution in [3.63, 3.8) is 0 Å². The van der Waals surface area contributed by atoms with Gasteiger partial charge in [0, 0.05) is 24.6 Å². The zero-order chi connectivity index (χ0) is 19.5. The third-order valence-corrected chi connectivity index (χ3v) is 4.49. The van der Waals surface area contributed by atoms with Gasteiger partial charge in [0.05, 0.1) is 13.2 Å². The van der Waals surface area contributed by atoms with Gasteiger partial charge >= 0.3 is 0 Å². The predicted octanol–water partition coefficient (Wildman–Crippen LogP) is 4.15. The molecule has 0 saturated heterocycles. The topological polar surface area (TPSA) is 78.9 Å². The predicted molar refractivity (Wildman–Crippen MR) is 105 cm³/mol. The van der Waals surface area contributed by atoms with E-state index >= 15 is 0 Å². The molecular weight excluding hydrogens is 378 g/mol. The van der Waals surface area contributed by atoms with Crippen molar-refractivity contribution in [2.24, 2.45) is 0 Å². The van der Waals surface area contributed by atoms with Crippen LogP contribution in [0.4, 0.5) is 0 Å². The van der Waals surface area contributed by atoms with E-state index in [2.05, 4.69) is 20.2 Å². The van der Waals surface area contributed by atoms with Gasteiger partial charge in [0.1, 0.15) is 5.15 Å². The van der Waals surface area contributed by atoms with Crippen LogP contribution in [0.5, 0.6) is 0 Å². The van der Waals surface area contributed by atoms with Gasteiger partial charge < -0.3 is 9.26 Å². The van der Waals surface area contributed by atoms with Gasteiger partial charge in [-0.3, -0.25) is 4.68 Å². The van der Waals surface area contributed by atoms with Crippen LogP contribution in [0.3, 0.4) is 0 Å². The van der Waals surface area contributed by atoms with Crippen LogP contribution < -0.4 is 0 Å². The van der Waals surface area contributed by atoms with Gasteiger partial charge in [-0.2, -0.15) is 10.1 Å². The molecule has 0 aliphatic carbocycles. The summed E-state index contributed by atoms with van der Waals surface area (Å²) in [5, 5.41) is 9.13. The normalized spacial score (nSPS) is 11.1. The summed E-state index contributed by atoms with van der Waals surface area (Å²) >= 11 is 5.84. The summed E-state index contributed by atoms with van der Waals surface area (Å²) in [6.45, 7) is 3.13. The smallest absolute Gasteiger partial charge is 0.278 e. The first-order valence-corrected chi connectivity index (χ1v) is 9.07. The summed E-state index contributed by atoms with van der Waals surface area (Å²) in [5.74, 6) is 0.903. The first kappa shape index (κ1) is 18.3. The molecule has 4 aromatic rings. The minimum absolute atomic E-state index is 0.382. The molecule has 0 radical (unpaired) electrons. The Balaban J connectivity index is 1.54. The molecule has 3 aromatic heterocycles. The number of rotatable bonds is 6. The molecular formula is C20H18ClN5O2. The van der Waals surface area contributed by atoms with Crippen LogP contribution in [0.2, 0.25) is 5.15 Å². The second kappa shape index (κ2) is 7.92. The maximum Gasteiger partial charge on any atom is 0.278 e. The molecule has 0 amide bonds. The van der Waals surface area contributed by atoms with Crippen molar-refractivity contribution in [2.45, 2.75) is 20.1 Å². The van der Waals surface area contributed by atoms with Gasteiger partial charge in [-0.1, -0.05) is 47.1 Å². The van der Waals surface area contributed by atoms with Gasteiger partial charge in [0.2, 0.25) is 5.82 Å². The highest BCUT2D eigenvalue weighted by Crippen LogP contribution is 2.23. The zero-order valence-electron chi connectivity index (χ0n) is 15.5. The van der Waals surface area contributed by atoms with Crippen molar-refractivity contribution in [1.82, 2.24) is 24.9 Å². The van der Waals surface area contributed by atoms with Crippen LogP contribution in [-0.4, -0.2) is 32.0 Å². The number of pyridine rings is 1. The number of methoxy groups -OCH3 is 1. The number of benzene rings is 1. The molecule has 1 aromatic carbocycles. The van der Waals surface area contributed by atoms with Crippen molar-refractivity contribution in [2.75, 3.05) is 7.11 Å². The van der Waals surface area contributed by atoms with Gasteiger partial charge in [-0.05, 0) is 30.2 Å². The zero-order valence-corrected chi connectivity index (χ0v) is 16.2. The SMILES string of the molecule is COCc1ccc(-c2noc(-c3cc(C)n(Cc4ccc(Cl)nc4)n3)n2)cc1. The van der Waals surface area contributed by atoms with E-state index in [4.69, 9.17) is 20.9 Å². The molecule has 0 spiro atoms. The minimum atomic E-state index is 0.382. The lowest BCUT2D eigenvalue weighted by Gasteiger charge is -2.03. The highest BCUT2D eigenvalue weighted by molar-refractivity contribution is 6.29. The summed E-state index contributed by atoms with van der Waals surface area (Å²) in [6.07, 6.45) is 1.74. The molecule has 0 N–H and O–H groups in total. The molecule has 0 aliphatic heterocycles. The van der Waals surface area contributed by atoms with Crippen LogP contribution in [-0.2, 0) is 17.9 Å². The second-order valence-corrected chi connectivity index (χ2v) is 6.76. The van der Waals surface area contributed by atoms with Crippen molar-refractivity contribution < 1.29 is 9.26 Å². The van der Waals surface area contributed by atoms with Crippen LogP contribution in [0.15, 0.2) is 53.2 Å². The lowest BCUT2D eigenvalue weighted by molar-refractivity contribution is 0.185. The fourth-order valence-electron chi connectivity index (χ4n) is 2.81. The van der Waals surface area contributed by atoms with E-state index in [9.17, 15) is 0 Å². The van der Waals surface area contributed by atoms with Gasteiger partial charge in [0.15, 0.2) is 5.69 Å². The maximum absolute atomic E-state index is 5.84. The third-order valence-electron chi connectivity index (χ3n) is 4.27. The van der Waals surface area contributed by atoms with E-state index in [1.54, 1.807) is 19.4 Å². The summed E-state index contributed by atoms with van der Waals surface area (Å²) in [6, 6.07) is 13.5. The maximum atomic E-state index is 5.84. The van der Waals surface area contributed by atoms with Gasteiger partial charge in [0.25, 0.3) is 5.89 Å². The van der Waals surface area contributed by atoms with Crippen molar-refractivity contribution in [1.29, 1.82) is 0 Å². The Labute approximate surface area is 166 Å². The first-order chi connectivity index (χ1) is 13.6. The Hall–Kier alpha value is -3.03. The van der Waals surface area contributed by atoms with Crippen LogP contribution in [0.25, 0.3) is 23.0 Å². The van der Waals surface area contributed by atoms with Crippen LogP contribution in [0, 0.1) is 6.92 Å². The average molecular weight is 396 g/mol. The summed E-state index contributed by atoms with van der Waals surface area (Å²) in [5.41, 5.74) is 4.58. The van der Waals surface area contributed by atoms with E-state index < -0.39 is 0 Å². The standard InChI is InChI=1S/C20H18ClN5O2/c1-13-9-17(24-26(13)11-15-5-8-18(21)22-10-15)20-23-19(25-28-20)16-6-3-14(4-7-16)12-27-2/h3-10H,11-12H2,1-2H3. The molecule has 0 saturated carbocycles. The number of nitrogens with zero attached hydrogens (tertiary/aromatic N) is 5. The molecule has 28 heavy (non-hydrogen) atoms. The van der Waals surface area contributed by atoms with E-state index in [0.717, 1.165) is 22.4 Å². The number of hydrogen-bond acceptors (Lipinski definition) is 6. The number of ether oxygens (including phenoxy) is 1. The van der Waals surface area contributed by atoms with Crippen molar-refractivity contribution in [3.8, 4) is 23.0 Å². The Kier molecular flexibility index (Phi) is 5.18. The molecule has 3 heterocycles. The monoisotopic (exact) mass is 395 g/mol. The molecule has 0 bridgehead atoms. The summed E-state index contributed by atoms with van der Waals surface area (Å²) in [4.78, 5) is 8.58. The summed E-state index contributed by atoms with van der Waals surface area (Å²) < 4.78 is 12.4. The third kappa shape index (κ3) is 3.95. The molecule has 0 atom stereocenters. The molecule has 0 fully saturated rings. The largest absolute Gasteiger partial charge is 0.380 e. The Bertz CT molecular complexity index is 1070. The van der Waals surface area contributed by atoms with Crippen LogP contribution >= 0.6 is 11.6 Å². The molecule has 7 nitrogen and oxygen atoms in total. The van der Waals surface area contributed by atoms with E-state index in [0.29, 0.717) is 35.7 Å². The lowest BCUT2D eigenvalue weighted by atomic mass is 10.1. The van der Waals surface area contributed by atoms with Crippen molar-refractivity contribution in [3.05, 3.63) is 70.6 Å². The van der Waals surface area contributed by atoms with Gasteiger partial charge in [-0.15, -0.1) is 0 Å². The average Bonchev–Trinajstić information content (AvgIpc) is 3.32. The highest BCUT2D eigenvalue weighted by atomic mass is 35.5. The van der Waals surface area contributed by atoms with Crippen molar-refractivity contribution >= 4 is 11.6 Å². The number of halogens is 1. The first-order valence-electron chi connectivity index (χ1n) is 8.69. The Morgan fingerprint density at radius 2 is 1.89 bits per heavy atom. The Morgan fingerprint density at radius 1 is 1.11 bits per heavy atom. The van der Waals surface area contributed by atoms with Gasteiger partial charge in [-0.25, -0.2) is 4.98 Å². The summed E-state index contributed by atoms with van der Waals surface area (Å²) in [7, 11) is 1.67. The van der Waals surface area contributed by atoms with E-state index in [1.807, 2.05) is 48.0 Å².